The van der Waals surface area contributed by atoms with Crippen LogP contribution in [0.1, 0.15) is 19.8 Å². The quantitative estimate of drug-likeness (QED) is 0.789. The zero-order valence-corrected chi connectivity index (χ0v) is 11.4. The van der Waals surface area contributed by atoms with Gasteiger partial charge in [-0.25, -0.2) is 0 Å². The summed E-state index contributed by atoms with van der Waals surface area (Å²) in [5.74, 6) is 1.35. The standard InChI is InChI=1S/C15H18N2O3/c1-9(18)16-7-10-6-12-11-2-5-15(19)17-13(11)3-4-14(12)20-8-10/h3-4,6,10-11H,2,5,7-8H2,1H3,(H,16,18)(H,17,19). The fourth-order valence-corrected chi connectivity index (χ4v) is 2.88. The Labute approximate surface area is 117 Å². The normalized spacial score (nSPS) is 27.9. The average Bonchev–Trinajstić information content (AvgIpc) is 2.44. The minimum absolute atomic E-state index is 0.0288. The van der Waals surface area contributed by atoms with Crippen LogP contribution in [0.3, 0.4) is 0 Å². The van der Waals surface area contributed by atoms with Crippen molar-refractivity contribution in [1.29, 1.82) is 0 Å². The van der Waals surface area contributed by atoms with Crippen molar-refractivity contribution in [3.8, 4) is 0 Å². The van der Waals surface area contributed by atoms with Crippen LogP contribution in [0.5, 0.6) is 0 Å². The average molecular weight is 274 g/mol. The molecule has 2 heterocycles. The zero-order valence-electron chi connectivity index (χ0n) is 11.4. The number of ether oxygens (including phenoxy) is 1. The molecule has 1 saturated heterocycles. The Kier molecular flexibility index (Phi) is 3.34. The largest absolute Gasteiger partial charge is 0.493 e. The van der Waals surface area contributed by atoms with E-state index in [1.165, 1.54) is 6.92 Å². The zero-order chi connectivity index (χ0) is 14.1. The molecule has 3 rings (SSSR count). The van der Waals surface area contributed by atoms with Crippen molar-refractivity contribution in [2.24, 2.45) is 11.8 Å². The molecule has 0 bridgehead atoms. The first-order valence-electron chi connectivity index (χ1n) is 6.94. The Morgan fingerprint density at radius 2 is 2.35 bits per heavy atom. The minimum Gasteiger partial charge on any atom is -0.493 e. The van der Waals surface area contributed by atoms with Gasteiger partial charge in [-0.05, 0) is 24.1 Å². The first kappa shape index (κ1) is 13.0. The lowest BCUT2D eigenvalue weighted by Crippen LogP contribution is -2.37. The third kappa shape index (κ3) is 2.48. The van der Waals surface area contributed by atoms with E-state index in [1.807, 2.05) is 12.2 Å². The molecule has 1 fully saturated rings. The van der Waals surface area contributed by atoms with E-state index < -0.39 is 0 Å². The van der Waals surface area contributed by atoms with Gasteiger partial charge >= 0.3 is 0 Å². The molecule has 0 aromatic rings. The molecular weight excluding hydrogens is 256 g/mol. The van der Waals surface area contributed by atoms with Crippen molar-refractivity contribution in [3.05, 3.63) is 35.3 Å². The molecule has 2 N–H and O–H groups in total. The summed E-state index contributed by atoms with van der Waals surface area (Å²) in [5, 5.41) is 5.75. The van der Waals surface area contributed by atoms with Gasteiger partial charge in [0.1, 0.15) is 5.76 Å². The van der Waals surface area contributed by atoms with E-state index in [9.17, 15) is 9.59 Å². The van der Waals surface area contributed by atoms with Crippen LogP contribution in [-0.4, -0.2) is 25.0 Å². The molecule has 0 radical (unpaired) electrons. The number of piperidine rings is 1. The summed E-state index contributed by atoms with van der Waals surface area (Å²) in [6, 6.07) is 0. The summed E-state index contributed by atoms with van der Waals surface area (Å²) in [7, 11) is 0. The summed E-state index contributed by atoms with van der Waals surface area (Å²) >= 11 is 0. The molecule has 0 aromatic heterocycles. The first-order chi connectivity index (χ1) is 9.63. The summed E-state index contributed by atoms with van der Waals surface area (Å²) in [6.45, 7) is 2.68. The van der Waals surface area contributed by atoms with Gasteiger partial charge in [-0.2, -0.15) is 0 Å². The van der Waals surface area contributed by atoms with E-state index in [2.05, 4.69) is 16.7 Å². The van der Waals surface area contributed by atoms with Gasteiger partial charge in [0.05, 0.1) is 6.61 Å². The number of carbonyl (C=O) groups is 2. The summed E-state index contributed by atoms with van der Waals surface area (Å²) in [4.78, 5) is 22.4. The number of hydrogen-bond donors (Lipinski definition) is 2. The second kappa shape index (κ2) is 5.15. The Hall–Kier alpha value is -2.04. The Morgan fingerprint density at radius 1 is 1.50 bits per heavy atom. The van der Waals surface area contributed by atoms with Gasteiger partial charge in [0.2, 0.25) is 11.8 Å². The smallest absolute Gasteiger partial charge is 0.224 e. The minimum atomic E-state index is -0.0288. The number of amides is 2. The van der Waals surface area contributed by atoms with Gasteiger partial charge in [0.25, 0.3) is 0 Å². The number of allylic oxidation sites excluding steroid dienone is 4. The molecule has 3 aliphatic rings. The Morgan fingerprint density at radius 3 is 3.15 bits per heavy atom. The lowest BCUT2D eigenvalue weighted by molar-refractivity contribution is -0.122. The summed E-state index contributed by atoms with van der Waals surface area (Å²) in [6.07, 6.45) is 7.39. The van der Waals surface area contributed by atoms with E-state index >= 15 is 0 Å². The number of fused-ring (bicyclic) bond motifs is 3. The predicted molar refractivity (Wildman–Crippen MR) is 73.2 cm³/mol. The number of hydrogen-bond acceptors (Lipinski definition) is 3. The maximum atomic E-state index is 11.4. The van der Waals surface area contributed by atoms with Crippen molar-refractivity contribution in [2.75, 3.05) is 13.2 Å². The lowest BCUT2D eigenvalue weighted by Gasteiger charge is -2.35. The highest BCUT2D eigenvalue weighted by molar-refractivity contribution is 5.80. The van der Waals surface area contributed by atoms with Crippen molar-refractivity contribution in [3.63, 3.8) is 0 Å². The van der Waals surface area contributed by atoms with Crippen LogP contribution >= 0.6 is 0 Å². The van der Waals surface area contributed by atoms with Crippen molar-refractivity contribution >= 4 is 11.8 Å². The molecule has 5 heteroatoms. The van der Waals surface area contributed by atoms with Crippen molar-refractivity contribution < 1.29 is 14.3 Å². The second-order valence-electron chi connectivity index (χ2n) is 5.42. The molecule has 2 amide bonds. The highest BCUT2D eigenvalue weighted by atomic mass is 16.5. The van der Waals surface area contributed by atoms with Crippen molar-refractivity contribution in [1.82, 2.24) is 10.6 Å². The van der Waals surface area contributed by atoms with Crippen LogP contribution in [0.25, 0.3) is 0 Å². The van der Waals surface area contributed by atoms with Gasteiger partial charge < -0.3 is 15.4 Å². The number of nitrogens with one attached hydrogen (secondary N) is 2. The highest BCUT2D eigenvalue weighted by Gasteiger charge is 2.33. The number of rotatable bonds is 2. The molecular formula is C15H18N2O3. The fraction of sp³-hybridized carbons (Fsp3) is 0.467. The third-order valence-corrected chi connectivity index (χ3v) is 3.87. The highest BCUT2D eigenvalue weighted by Crippen LogP contribution is 2.38. The van der Waals surface area contributed by atoms with Crippen molar-refractivity contribution in [2.45, 2.75) is 19.8 Å². The second-order valence-corrected chi connectivity index (χ2v) is 5.42. The topological polar surface area (TPSA) is 67.4 Å². The van der Waals surface area contributed by atoms with Gasteiger partial charge in [-0.15, -0.1) is 0 Å². The molecule has 106 valence electrons. The molecule has 0 spiro atoms. The molecule has 2 atom stereocenters. The van der Waals surface area contributed by atoms with E-state index in [0.717, 1.165) is 23.5 Å². The monoisotopic (exact) mass is 274 g/mol. The molecule has 0 aromatic carbocycles. The maximum Gasteiger partial charge on any atom is 0.224 e. The van der Waals surface area contributed by atoms with Gasteiger partial charge in [0, 0.05) is 37.4 Å². The fourth-order valence-electron chi connectivity index (χ4n) is 2.88. The van der Waals surface area contributed by atoms with Crippen LogP contribution in [0, 0.1) is 11.8 Å². The molecule has 20 heavy (non-hydrogen) atoms. The van der Waals surface area contributed by atoms with Crippen LogP contribution in [0.4, 0.5) is 0 Å². The first-order valence-corrected chi connectivity index (χ1v) is 6.94. The Bertz CT molecular complexity index is 545. The van der Waals surface area contributed by atoms with E-state index in [4.69, 9.17) is 4.74 Å². The molecule has 0 saturated carbocycles. The van der Waals surface area contributed by atoms with E-state index in [-0.39, 0.29) is 23.7 Å². The van der Waals surface area contributed by atoms with Crippen LogP contribution in [0.15, 0.2) is 35.3 Å². The predicted octanol–water partition coefficient (Wildman–Crippen LogP) is 1.00. The van der Waals surface area contributed by atoms with Gasteiger partial charge in [-0.1, -0.05) is 6.08 Å². The van der Waals surface area contributed by atoms with Gasteiger partial charge in [-0.3, -0.25) is 9.59 Å². The maximum absolute atomic E-state index is 11.4. The lowest BCUT2D eigenvalue weighted by atomic mass is 9.81. The van der Waals surface area contributed by atoms with Crippen LogP contribution in [-0.2, 0) is 14.3 Å². The third-order valence-electron chi connectivity index (χ3n) is 3.87. The van der Waals surface area contributed by atoms with E-state index in [1.54, 1.807) is 0 Å². The molecule has 2 unspecified atom stereocenters. The number of carbonyl (C=O) groups excluding carboxylic acids is 2. The van der Waals surface area contributed by atoms with Crippen LogP contribution < -0.4 is 10.6 Å². The molecule has 1 aliphatic carbocycles. The molecule has 2 aliphatic heterocycles. The van der Waals surface area contributed by atoms with Gasteiger partial charge in [0.15, 0.2) is 0 Å². The summed E-state index contributed by atoms with van der Waals surface area (Å²) < 4.78 is 5.79. The summed E-state index contributed by atoms with van der Waals surface area (Å²) in [5.41, 5.74) is 2.10. The van der Waals surface area contributed by atoms with Crippen LogP contribution in [0.2, 0.25) is 0 Å². The Balaban J connectivity index is 1.79. The molecule has 5 nitrogen and oxygen atoms in total. The SMILES string of the molecule is CC(=O)NCC1C=C2C(=CC=C3NC(=O)CCC32)OC1. The van der Waals surface area contributed by atoms with E-state index in [0.29, 0.717) is 19.6 Å².